The van der Waals surface area contributed by atoms with E-state index in [0.29, 0.717) is 5.41 Å². The molecule has 0 amide bonds. The van der Waals surface area contributed by atoms with Crippen LogP contribution in [-0.4, -0.2) is 36.6 Å². The van der Waals surface area contributed by atoms with Crippen LogP contribution in [0.5, 0.6) is 0 Å². The molecule has 2 rings (SSSR count). The number of likely N-dealkylation sites (tertiary alicyclic amines) is 1. The minimum absolute atomic E-state index is 0.543. The zero-order valence-electron chi connectivity index (χ0n) is 10.6. The standard InChI is InChI=1S/C13H26N2/c1-11-5-6-12(9-14-11)15-8-4-7-13(2,3)10-15/h11-12,14H,4-10H2,1-3H3. The van der Waals surface area contributed by atoms with Crippen molar-refractivity contribution in [1.29, 1.82) is 0 Å². The summed E-state index contributed by atoms with van der Waals surface area (Å²) >= 11 is 0. The van der Waals surface area contributed by atoms with Crippen LogP contribution in [-0.2, 0) is 0 Å². The van der Waals surface area contributed by atoms with Crippen molar-refractivity contribution >= 4 is 0 Å². The van der Waals surface area contributed by atoms with Gasteiger partial charge in [-0.05, 0) is 44.6 Å². The molecule has 2 saturated heterocycles. The molecule has 2 atom stereocenters. The van der Waals surface area contributed by atoms with E-state index < -0.39 is 0 Å². The summed E-state index contributed by atoms with van der Waals surface area (Å²) in [4.78, 5) is 2.72. The summed E-state index contributed by atoms with van der Waals surface area (Å²) in [5, 5.41) is 3.62. The van der Waals surface area contributed by atoms with Crippen molar-refractivity contribution in [2.24, 2.45) is 5.41 Å². The Labute approximate surface area is 94.4 Å². The lowest BCUT2D eigenvalue weighted by Gasteiger charge is -2.44. The molecule has 88 valence electrons. The van der Waals surface area contributed by atoms with Gasteiger partial charge in [0.2, 0.25) is 0 Å². The van der Waals surface area contributed by atoms with Gasteiger partial charge in [-0.15, -0.1) is 0 Å². The van der Waals surface area contributed by atoms with E-state index in [2.05, 4.69) is 31.0 Å². The van der Waals surface area contributed by atoms with Gasteiger partial charge in [0.25, 0.3) is 0 Å². The lowest BCUT2D eigenvalue weighted by molar-refractivity contribution is 0.0626. The highest BCUT2D eigenvalue weighted by molar-refractivity contribution is 4.87. The molecule has 0 aromatic rings. The van der Waals surface area contributed by atoms with E-state index in [1.54, 1.807) is 0 Å². The summed E-state index contributed by atoms with van der Waals surface area (Å²) < 4.78 is 0. The third-order valence-corrected chi connectivity index (χ3v) is 4.08. The maximum Gasteiger partial charge on any atom is 0.0221 e. The van der Waals surface area contributed by atoms with Crippen LogP contribution in [0.3, 0.4) is 0 Å². The molecule has 2 unspecified atom stereocenters. The smallest absolute Gasteiger partial charge is 0.0221 e. The molecule has 2 heteroatoms. The first-order chi connectivity index (χ1) is 7.07. The molecule has 2 fully saturated rings. The van der Waals surface area contributed by atoms with E-state index in [1.165, 1.54) is 45.3 Å². The number of nitrogens with one attached hydrogen (secondary N) is 1. The van der Waals surface area contributed by atoms with Crippen LogP contribution < -0.4 is 5.32 Å². The van der Waals surface area contributed by atoms with Gasteiger partial charge in [0.1, 0.15) is 0 Å². The van der Waals surface area contributed by atoms with Crippen LogP contribution in [0.25, 0.3) is 0 Å². The molecule has 2 nitrogen and oxygen atoms in total. The zero-order valence-corrected chi connectivity index (χ0v) is 10.6. The number of nitrogens with zero attached hydrogens (tertiary/aromatic N) is 1. The van der Waals surface area contributed by atoms with Crippen molar-refractivity contribution in [2.75, 3.05) is 19.6 Å². The minimum Gasteiger partial charge on any atom is -0.313 e. The van der Waals surface area contributed by atoms with Crippen LogP contribution in [0.2, 0.25) is 0 Å². The molecule has 1 N–H and O–H groups in total. The highest BCUT2D eigenvalue weighted by Gasteiger charge is 2.31. The predicted octanol–water partition coefficient (Wildman–Crippen LogP) is 2.25. The molecule has 2 aliphatic rings. The van der Waals surface area contributed by atoms with E-state index >= 15 is 0 Å². The molecule has 0 aromatic heterocycles. The lowest BCUT2D eigenvalue weighted by Crippen LogP contribution is -2.53. The van der Waals surface area contributed by atoms with Gasteiger partial charge >= 0.3 is 0 Å². The fourth-order valence-electron chi connectivity index (χ4n) is 3.08. The quantitative estimate of drug-likeness (QED) is 0.714. The normalized spacial score (nSPS) is 37.8. The van der Waals surface area contributed by atoms with Crippen molar-refractivity contribution in [1.82, 2.24) is 10.2 Å². The Morgan fingerprint density at radius 1 is 1.27 bits per heavy atom. The first-order valence-electron chi connectivity index (χ1n) is 6.54. The fraction of sp³-hybridized carbons (Fsp3) is 1.00. The topological polar surface area (TPSA) is 15.3 Å². The van der Waals surface area contributed by atoms with Crippen LogP contribution in [0.15, 0.2) is 0 Å². The van der Waals surface area contributed by atoms with Crippen molar-refractivity contribution in [2.45, 2.75) is 58.5 Å². The van der Waals surface area contributed by atoms with Gasteiger partial charge in [0.05, 0.1) is 0 Å². The predicted molar refractivity (Wildman–Crippen MR) is 65.1 cm³/mol. The maximum atomic E-state index is 3.62. The van der Waals surface area contributed by atoms with Crippen molar-refractivity contribution in [3.05, 3.63) is 0 Å². The highest BCUT2D eigenvalue weighted by Crippen LogP contribution is 2.30. The number of piperidine rings is 2. The Kier molecular flexibility index (Phi) is 3.36. The van der Waals surface area contributed by atoms with Crippen molar-refractivity contribution in [3.8, 4) is 0 Å². The van der Waals surface area contributed by atoms with E-state index in [0.717, 1.165) is 12.1 Å². The van der Waals surface area contributed by atoms with E-state index in [4.69, 9.17) is 0 Å². The Bertz CT molecular complexity index is 205. The van der Waals surface area contributed by atoms with Gasteiger partial charge in [-0.3, -0.25) is 4.90 Å². The molecule has 2 aliphatic heterocycles. The highest BCUT2D eigenvalue weighted by atomic mass is 15.2. The molecule has 0 radical (unpaired) electrons. The second kappa shape index (κ2) is 4.42. The largest absolute Gasteiger partial charge is 0.313 e. The molecule has 2 heterocycles. The van der Waals surface area contributed by atoms with Gasteiger partial charge < -0.3 is 5.32 Å². The molecular formula is C13H26N2. The summed E-state index contributed by atoms with van der Waals surface area (Å²) in [6, 6.07) is 1.54. The Hall–Kier alpha value is -0.0800. The van der Waals surface area contributed by atoms with Gasteiger partial charge in [-0.1, -0.05) is 13.8 Å². The third kappa shape index (κ3) is 2.94. The van der Waals surface area contributed by atoms with Crippen LogP contribution in [0.1, 0.15) is 46.5 Å². The third-order valence-electron chi connectivity index (χ3n) is 4.08. The van der Waals surface area contributed by atoms with Gasteiger partial charge in [0, 0.05) is 25.2 Å². The zero-order chi connectivity index (χ0) is 10.9. The number of hydrogen-bond donors (Lipinski definition) is 1. The van der Waals surface area contributed by atoms with Crippen LogP contribution >= 0.6 is 0 Å². The Morgan fingerprint density at radius 2 is 2.07 bits per heavy atom. The summed E-state index contributed by atoms with van der Waals surface area (Å²) in [6.07, 6.45) is 5.53. The van der Waals surface area contributed by atoms with E-state index in [1.807, 2.05) is 0 Å². The van der Waals surface area contributed by atoms with Gasteiger partial charge in [-0.2, -0.15) is 0 Å². The van der Waals surface area contributed by atoms with Crippen molar-refractivity contribution < 1.29 is 0 Å². The summed E-state index contributed by atoms with van der Waals surface area (Å²) in [5.41, 5.74) is 0.543. The fourth-order valence-corrected chi connectivity index (χ4v) is 3.08. The monoisotopic (exact) mass is 210 g/mol. The Morgan fingerprint density at radius 3 is 2.67 bits per heavy atom. The second-order valence-electron chi connectivity index (χ2n) is 6.28. The van der Waals surface area contributed by atoms with Crippen LogP contribution in [0, 0.1) is 5.41 Å². The van der Waals surface area contributed by atoms with Crippen molar-refractivity contribution in [3.63, 3.8) is 0 Å². The molecule has 0 spiro atoms. The molecule has 15 heavy (non-hydrogen) atoms. The maximum absolute atomic E-state index is 3.62. The first kappa shape index (κ1) is 11.4. The van der Waals surface area contributed by atoms with E-state index in [-0.39, 0.29) is 0 Å². The molecular weight excluding hydrogens is 184 g/mol. The summed E-state index contributed by atoms with van der Waals surface area (Å²) in [6.45, 7) is 11.0. The average molecular weight is 210 g/mol. The SMILES string of the molecule is CC1CCC(N2CCCC(C)(C)C2)CN1. The summed E-state index contributed by atoms with van der Waals surface area (Å²) in [5.74, 6) is 0. The first-order valence-corrected chi connectivity index (χ1v) is 6.54. The van der Waals surface area contributed by atoms with Gasteiger partial charge in [-0.25, -0.2) is 0 Å². The van der Waals surface area contributed by atoms with Gasteiger partial charge in [0.15, 0.2) is 0 Å². The average Bonchev–Trinajstić information content (AvgIpc) is 2.17. The molecule has 0 aliphatic carbocycles. The summed E-state index contributed by atoms with van der Waals surface area (Å²) in [7, 11) is 0. The number of rotatable bonds is 1. The minimum atomic E-state index is 0.543. The molecule has 0 bridgehead atoms. The molecule has 0 aromatic carbocycles. The number of hydrogen-bond acceptors (Lipinski definition) is 2. The second-order valence-corrected chi connectivity index (χ2v) is 6.28. The Balaban J connectivity index is 1.88. The molecule has 0 saturated carbocycles. The van der Waals surface area contributed by atoms with E-state index in [9.17, 15) is 0 Å². The van der Waals surface area contributed by atoms with Crippen LogP contribution in [0.4, 0.5) is 0 Å². The lowest BCUT2D eigenvalue weighted by atomic mass is 9.83.